The van der Waals surface area contributed by atoms with Crippen molar-refractivity contribution in [1.29, 1.82) is 0 Å². The molecule has 4 N–H and O–H groups in total. The average Bonchev–Trinajstić information content (AvgIpc) is 3.66. The van der Waals surface area contributed by atoms with Gasteiger partial charge in [0.2, 0.25) is 5.96 Å². The van der Waals surface area contributed by atoms with Gasteiger partial charge in [-0.3, -0.25) is 4.90 Å². The first kappa shape index (κ1) is 31.4. The van der Waals surface area contributed by atoms with Crippen LogP contribution in [0.3, 0.4) is 0 Å². The number of nitrogens with one attached hydrogen (secondary N) is 1. The number of sulfonamides is 1. The molecule has 1 fully saturated rings. The summed E-state index contributed by atoms with van der Waals surface area (Å²) in [5.41, 5.74) is 12.6. The van der Waals surface area contributed by atoms with Crippen LogP contribution < -0.4 is 15.2 Å². The van der Waals surface area contributed by atoms with Gasteiger partial charge in [-0.25, -0.2) is 27.7 Å². The number of carbonyl (C=O) groups excluding carboxylic acids is 1. The van der Waals surface area contributed by atoms with E-state index in [0.717, 1.165) is 38.3 Å². The fourth-order valence-corrected chi connectivity index (χ4v) is 8.59. The molecule has 2 aliphatic heterocycles. The molecule has 12 heteroatoms. The molecule has 46 heavy (non-hydrogen) atoms. The molecule has 2 heterocycles. The lowest BCUT2D eigenvalue weighted by atomic mass is 9.94. The molecule has 6 rings (SSSR count). The Morgan fingerprint density at radius 2 is 1.65 bits per heavy atom. The largest absolute Gasteiger partial charge is 0.487 e. The van der Waals surface area contributed by atoms with Gasteiger partial charge >= 0.3 is 12.1 Å². The molecule has 0 unspecified atom stereocenters. The predicted octanol–water partition coefficient (Wildman–Crippen LogP) is 4.39. The SMILES string of the molecule is Cc1c(C)c(S(=O)(=O)NC(N)=N[C@@H]2C[C@@H](C(=O)O)N(C(=O)OCC3c4ccccc4-c4ccccc43)C2)c(C)c2c1OC(C)(C)C2. The minimum atomic E-state index is -4.15. The van der Waals surface area contributed by atoms with Gasteiger partial charge in [-0.15, -0.1) is 0 Å². The van der Waals surface area contributed by atoms with E-state index in [9.17, 15) is 23.1 Å². The molecule has 0 saturated carbocycles. The first-order chi connectivity index (χ1) is 21.7. The van der Waals surface area contributed by atoms with Gasteiger partial charge in [-0.2, -0.15) is 0 Å². The molecule has 242 valence electrons. The molecule has 3 aromatic rings. The maximum absolute atomic E-state index is 13.6. The highest BCUT2D eigenvalue weighted by Gasteiger charge is 2.42. The third-order valence-electron chi connectivity index (χ3n) is 9.26. The van der Waals surface area contributed by atoms with Gasteiger partial charge in [0.1, 0.15) is 24.0 Å². The number of amides is 1. The molecule has 1 aliphatic carbocycles. The number of benzene rings is 3. The van der Waals surface area contributed by atoms with Gasteiger partial charge < -0.3 is 20.3 Å². The number of rotatable bonds is 6. The summed E-state index contributed by atoms with van der Waals surface area (Å²) in [6, 6.07) is 13.9. The summed E-state index contributed by atoms with van der Waals surface area (Å²) < 4.78 is 41.4. The van der Waals surface area contributed by atoms with Gasteiger partial charge in [0.15, 0.2) is 0 Å². The number of likely N-dealkylation sites (tertiary alicyclic amines) is 1. The summed E-state index contributed by atoms with van der Waals surface area (Å²) in [7, 11) is -4.15. The Bertz CT molecular complexity index is 1860. The molecule has 0 spiro atoms. The van der Waals surface area contributed by atoms with Crippen molar-refractivity contribution < 1.29 is 32.6 Å². The summed E-state index contributed by atoms with van der Waals surface area (Å²) in [6.07, 6.45) is -0.271. The minimum absolute atomic E-state index is 0.0344. The van der Waals surface area contributed by atoms with Crippen molar-refractivity contribution in [3.8, 4) is 16.9 Å². The van der Waals surface area contributed by atoms with Crippen molar-refractivity contribution >= 4 is 28.0 Å². The van der Waals surface area contributed by atoms with Gasteiger partial charge in [-0.05, 0) is 73.6 Å². The molecule has 3 aliphatic rings. The molecule has 3 aromatic carbocycles. The predicted molar refractivity (Wildman–Crippen MR) is 173 cm³/mol. The van der Waals surface area contributed by atoms with E-state index < -0.39 is 45.7 Å². The van der Waals surface area contributed by atoms with Crippen LogP contribution in [0.2, 0.25) is 0 Å². The lowest BCUT2D eigenvalue weighted by Crippen LogP contribution is -2.41. The number of ether oxygens (including phenoxy) is 2. The minimum Gasteiger partial charge on any atom is -0.487 e. The van der Waals surface area contributed by atoms with Crippen LogP contribution in [0.4, 0.5) is 4.79 Å². The fourth-order valence-electron chi connectivity index (χ4n) is 7.08. The number of fused-ring (bicyclic) bond motifs is 4. The number of nitrogens with zero attached hydrogens (tertiary/aromatic N) is 2. The number of hydrogen-bond acceptors (Lipinski definition) is 7. The van der Waals surface area contributed by atoms with Crippen molar-refractivity contribution in [3.05, 3.63) is 81.9 Å². The van der Waals surface area contributed by atoms with E-state index >= 15 is 0 Å². The molecular formula is C34H38N4O7S. The monoisotopic (exact) mass is 646 g/mol. The van der Waals surface area contributed by atoms with Crippen LogP contribution in [-0.2, 0) is 26.0 Å². The number of carbonyl (C=O) groups is 2. The third kappa shape index (κ3) is 5.44. The van der Waals surface area contributed by atoms with E-state index in [0.29, 0.717) is 23.3 Å². The quantitative estimate of drug-likeness (QED) is 0.263. The lowest BCUT2D eigenvalue weighted by Gasteiger charge is -2.22. The second kappa shape index (κ2) is 11.3. The van der Waals surface area contributed by atoms with Crippen LogP contribution in [0.15, 0.2) is 58.4 Å². The highest BCUT2D eigenvalue weighted by Crippen LogP contribution is 2.45. The second-order valence-electron chi connectivity index (χ2n) is 12.9. The Morgan fingerprint density at radius 1 is 1.04 bits per heavy atom. The maximum Gasteiger partial charge on any atom is 0.410 e. The van der Waals surface area contributed by atoms with Crippen LogP contribution in [-0.4, -0.2) is 67.3 Å². The zero-order chi connectivity index (χ0) is 33.1. The van der Waals surface area contributed by atoms with Crippen molar-refractivity contribution in [2.24, 2.45) is 10.7 Å². The van der Waals surface area contributed by atoms with E-state index in [1.54, 1.807) is 13.8 Å². The average molecular weight is 647 g/mol. The zero-order valence-electron chi connectivity index (χ0n) is 26.5. The highest BCUT2D eigenvalue weighted by atomic mass is 32.2. The summed E-state index contributed by atoms with van der Waals surface area (Å²) in [5, 5.41) is 9.91. The molecule has 2 atom stereocenters. The third-order valence-corrected chi connectivity index (χ3v) is 10.9. The smallest absolute Gasteiger partial charge is 0.410 e. The van der Waals surface area contributed by atoms with E-state index in [2.05, 4.69) is 9.71 Å². The highest BCUT2D eigenvalue weighted by molar-refractivity contribution is 7.90. The Labute approximate surface area is 268 Å². The number of hydrogen-bond donors (Lipinski definition) is 3. The summed E-state index contributed by atoms with van der Waals surface area (Å²) in [5.74, 6) is -1.08. The topological polar surface area (TPSA) is 161 Å². The second-order valence-corrected chi connectivity index (χ2v) is 14.5. The van der Waals surface area contributed by atoms with Crippen LogP contribution >= 0.6 is 0 Å². The van der Waals surface area contributed by atoms with Gasteiger partial charge in [0, 0.05) is 30.9 Å². The van der Waals surface area contributed by atoms with Crippen LogP contribution in [0, 0.1) is 20.8 Å². The van der Waals surface area contributed by atoms with Gasteiger partial charge in [0.05, 0.1) is 10.9 Å². The molecule has 1 amide bonds. The van der Waals surface area contributed by atoms with Crippen LogP contribution in [0.1, 0.15) is 59.6 Å². The van der Waals surface area contributed by atoms with E-state index in [4.69, 9.17) is 15.2 Å². The van der Waals surface area contributed by atoms with Crippen LogP contribution in [0.25, 0.3) is 11.1 Å². The Morgan fingerprint density at radius 3 is 2.26 bits per heavy atom. The Kier molecular flexibility index (Phi) is 7.74. The number of carboxylic acid groups (broad SMARTS) is 1. The Balaban J connectivity index is 1.17. The van der Waals surface area contributed by atoms with E-state index in [1.165, 1.54) is 0 Å². The lowest BCUT2D eigenvalue weighted by molar-refractivity contribution is -0.141. The molecule has 0 aromatic heterocycles. The summed E-state index contributed by atoms with van der Waals surface area (Å²) in [6.45, 7) is 9.14. The maximum atomic E-state index is 13.6. The first-order valence-electron chi connectivity index (χ1n) is 15.2. The van der Waals surface area contributed by atoms with Crippen LogP contribution in [0.5, 0.6) is 5.75 Å². The molecular weight excluding hydrogens is 608 g/mol. The number of carboxylic acids is 1. The molecule has 0 radical (unpaired) electrons. The standard InChI is InChI=1S/C34H38N4O7S/c1-18-19(2)30(20(3)26-15-34(4,5)45-29(18)26)46(42,43)37-32(35)36-21-14-28(31(39)40)38(16-21)33(41)44-17-27-24-12-8-6-10-22(24)23-11-7-9-13-25(23)27/h6-13,21,27-28H,14-17H2,1-5H3,(H,39,40)(H3,35,36,37)/t21-,28+/m1/s1. The molecule has 11 nitrogen and oxygen atoms in total. The summed E-state index contributed by atoms with van der Waals surface area (Å²) >= 11 is 0. The molecule has 0 bridgehead atoms. The van der Waals surface area contributed by atoms with Crippen molar-refractivity contribution in [3.63, 3.8) is 0 Å². The number of aliphatic imine (C=N–C) groups is 1. The Hall–Kier alpha value is -4.58. The van der Waals surface area contributed by atoms with Crippen molar-refractivity contribution in [2.45, 2.75) is 76.0 Å². The number of aliphatic carboxylic acids is 1. The first-order valence-corrected chi connectivity index (χ1v) is 16.7. The van der Waals surface area contributed by atoms with E-state index in [-0.39, 0.29) is 30.4 Å². The van der Waals surface area contributed by atoms with Gasteiger partial charge in [-0.1, -0.05) is 48.5 Å². The normalized spacial score (nSPS) is 20.1. The van der Waals surface area contributed by atoms with E-state index in [1.807, 2.05) is 69.3 Å². The van der Waals surface area contributed by atoms with Crippen molar-refractivity contribution in [1.82, 2.24) is 9.62 Å². The molecule has 1 saturated heterocycles. The summed E-state index contributed by atoms with van der Waals surface area (Å²) in [4.78, 5) is 30.9. The number of guanidine groups is 1. The van der Waals surface area contributed by atoms with Gasteiger partial charge in [0.25, 0.3) is 10.0 Å². The fraction of sp³-hybridized carbons (Fsp3) is 0.382. The number of nitrogens with two attached hydrogens (primary N) is 1. The van der Waals surface area contributed by atoms with Crippen molar-refractivity contribution in [2.75, 3.05) is 13.2 Å². The zero-order valence-corrected chi connectivity index (χ0v) is 27.3.